The summed E-state index contributed by atoms with van der Waals surface area (Å²) >= 11 is 0. The Morgan fingerprint density at radius 3 is 2.58 bits per heavy atom. The normalized spacial score (nSPS) is 15.9. The van der Waals surface area contributed by atoms with Crippen LogP contribution in [-0.2, 0) is 4.74 Å². The van der Waals surface area contributed by atoms with Gasteiger partial charge in [0.2, 0.25) is 0 Å². The van der Waals surface area contributed by atoms with Crippen molar-refractivity contribution >= 4 is 0 Å². The van der Waals surface area contributed by atoms with Crippen LogP contribution in [0, 0.1) is 22.7 Å². The van der Waals surface area contributed by atoms with Crippen LogP contribution in [0.5, 0.6) is 0 Å². The molecule has 0 aromatic heterocycles. The van der Waals surface area contributed by atoms with Gasteiger partial charge in [-0.2, -0.15) is 10.5 Å². The Bertz CT molecular complexity index is 309. The third kappa shape index (κ3) is 1.72. The number of rotatable bonds is 0. The van der Waals surface area contributed by atoms with Gasteiger partial charge in [0.25, 0.3) is 0 Å². The standard InChI is InChI=1S/C9H8N2O/c1-7-2-8(6-12-5-7)9(3-10)4-11/h2H,5-6H2,1H3. The third-order valence-corrected chi connectivity index (χ3v) is 1.55. The van der Waals surface area contributed by atoms with Crippen molar-refractivity contribution in [3.05, 3.63) is 22.8 Å². The predicted molar refractivity (Wildman–Crippen MR) is 42.8 cm³/mol. The van der Waals surface area contributed by atoms with Crippen LogP contribution in [0.4, 0.5) is 0 Å². The van der Waals surface area contributed by atoms with E-state index in [0.717, 1.165) is 5.57 Å². The molecule has 0 saturated heterocycles. The van der Waals surface area contributed by atoms with Crippen LogP contribution in [-0.4, -0.2) is 13.2 Å². The van der Waals surface area contributed by atoms with Gasteiger partial charge in [-0.1, -0.05) is 6.08 Å². The second kappa shape index (κ2) is 3.71. The number of nitrogens with zero attached hydrogens (tertiary/aromatic N) is 2. The summed E-state index contributed by atoms with van der Waals surface area (Å²) < 4.78 is 5.15. The molecular formula is C9H8N2O. The van der Waals surface area contributed by atoms with Crippen LogP contribution in [0.25, 0.3) is 0 Å². The molecule has 0 aliphatic carbocycles. The Morgan fingerprint density at radius 1 is 1.42 bits per heavy atom. The average molecular weight is 160 g/mol. The average Bonchev–Trinajstić information content (AvgIpc) is 2.07. The van der Waals surface area contributed by atoms with E-state index in [0.29, 0.717) is 18.8 Å². The zero-order chi connectivity index (χ0) is 8.97. The summed E-state index contributed by atoms with van der Waals surface area (Å²) in [6, 6.07) is 3.67. The summed E-state index contributed by atoms with van der Waals surface area (Å²) in [6.07, 6.45) is 1.84. The van der Waals surface area contributed by atoms with Gasteiger partial charge in [0.1, 0.15) is 17.7 Å². The summed E-state index contributed by atoms with van der Waals surface area (Å²) in [5.74, 6) is 0. The maximum absolute atomic E-state index is 8.55. The Hall–Kier alpha value is -1.58. The lowest BCUT2D eigenvalue weighted by atomic mass is 10.1. The minimum absolute atomic E-state index is 0.147. The fraction of sp³-hybridized carbons (Fsp3) is 0.333. The van der Waals surface area contributed by atoms with Crippen LogP contribution in [0.2, 0.25) is 0 Å². The van der Waals surface area contributed by atoms with Crippen molar-refractivity contribution in [2.24, 2.45) is 0 Å². The first-order valence-corrected chi connectivity index (χ1v) is 3.56. The van der Waals surface area contributed by atoms with E-state index in [4.69, 9.17) is 15.3 Å². The van der Waals surface area contributed by atoms with Gasteiger partial charge in [-0.15, -0.1) is 0 Å². The highest BCUT2D eigenvalue weighted by molar-refractivity contribution is 5.46. The largest absolute Gasteiger partial charge is 0.372 e. The fourth-order valence-corrected chi connectivity index (χ4v) is 1.02. The molecule has 0 bridgehead atoms. The maximum atomic E-state index is 8.55. The molecule has 1 heterocycles. The summed E-state index contributed by atoms with van der Waals surface area (Å²) in [6.45, 7) is 2.87. The summed E-state index contributed by atoms with van der Waals surface area (Å²) in [5.41, 5.74) is 1.87. The molecule has 0 amide bonds. The van der Waals surface area contributed by atoms with Crippen LogP contribution in [0.3, 0.4) is 0 Å². The Kier molecular flexibility index (Phi) is 2.63. The van der Waals surface area contributed by atoms with Gasteiger partial charge < -0.3 is 4.74 Å². The topological polar surface area (TPSA) is 56.8 Å². The van der Waals surface area contributed by atoms with E-state index in [1.807, 2.05) is 25.1 Å². The molecule has 0 aromatic rings. The van der Waals surface area contributed by atoms with Crippen LogP contribution in [0.15, 0.2) is 22.8 Å². The SMILES string of the molecule is CC1=CC(=C(C#N)C#N)COC1. The fourth-order valence-electron chi connectivity index (χ4n) is 1.02. The second-order valence-electron chi connectivity index (χ2n) is 2.61. The van der Waals surface area contributed by atoms with Crippen molar-refractivity contribution in [2.75, 3.05) is 13.2 Å². The molecule has 3 nitrogen and oxygen atoms in total. The van der Waals surface area contributed by atoms with E-state index in [-0.39, 0.29) is 5.57 Å². The van der Waals surface area contributed by atoms with E-state index in [2.05, 4.69) is 0 Å². The number of allylic oxidation sites excluding steroid dienone is 1. The van der Waals surface area contributed by atoms with Crippen molar-refractivity contribution in [1.29, 1.82) is 10.5 Å². The van der Waals surface area contributed by atoms with Crippen molar-refractivity contribution in [1.82, 2.24) is 0 Å². The van der Waals surface area contributed by atoms with Gasteiger partial charge in [-0.25, -0.2) is 0 Å². The van der Waals surface area contributed by atoms with Gasteiger partial charge >= 0.3 is 0 Å². The molecule has 0 aromatic carbocycles. The first kappa shape index (κ1) is 8.52. The molecule has 0 saturated carbocycles. The predicted octanol–water partition coefficient (Wildman–Crippen LogP) is 1.31. The van der Waals surface area contributed by atoms with E-state index < -0.39 is 0 Å². The number of ether oxygens (including phenoxy) is 1. The number of hydrogen-bond donors (Lipinski definition) is 0. The zero-order valence-electron chi connectivity index (χ0n) is 6.79. The lowest BCUT2D eigenvalue weighted by molar-refractivity contribution is 0.174. The molecule has 1 aliphatic rings. The lowest BCUT2D eigenvalue weighted by Crippen LogP contribution is -2.08. The Labute approximate surface area is 71.2 Å². The molecule has 3 heteroatoms. The summed E-state index contributed by atoms with van der Waals surface area (Å²) in [7, 11) is 0. The first-order valence-electron chi connectivity index (χ1n) is 3.56. The highest BCUT2D eigenvalue weighted by atomic mass is 16.5. The molecule has 1 rings (SSSR count). The molecule has 0 N–H and O–H groups in total. The van der Waals surface area contributed by atoms with Gasteiger partial charge in [0, 0.05) is 5.57 Å². The minimum atomic E-state index is 0.147. The maximum Gasteiger partial charge on any atom is 0.135 e. The van der Waals surface area contributed by atoms with E-state index >= 15 is 0 Å². The molecule has 60 valence electrons. The van der Waals surface area contributed by atoms with E-state index in [1.165, 1.54) is 0 Å². The molecule has 1 aliphatic heterocycles. The number of nitriles is 2. The quantitative estimate of drug-likeness (QED) is 0.502. The minimum Gasteiger partial charge on any atom is -0.372 e. The van der Waals surface area contributed by atoms with E-state index in [1.54, 1.807) is 0 Å². The zero-order valence-corrected chi connectivity index (χ0v) is 6.79. The molecule has 12 heavy (non-hydrogen) atoms. The molecule has 0 fully saturated rings. The van der Waals surface area contributed by atoms with Crippen molar-refractivity contribution in [3.8, 4) is 12.1 Å². The highest BCUT2D eigenvalue weighted by Crippen LogP contribution is 2.13. The molecule has 0 unspecified atom stereocenters. The van der Waals surface area contributed by atoms with Crippen molar-refractivity contribution in [2.45, 2.75) is 6.92 Å². The second-order valence-corrected chi connectivity index (χ2v) is 2.61. The van der Waals surface area contributed by atoms with Crippen LogP contribution < -0.4 is 0 Å². The van der Waals surface area contributed by atoms with Crippen molar-refractivity contribution < 1.29 is 4.74 Å². The molecular weight excluding hydrogens is 152 g/mol. The Balaban J connectivity index is 3.04. The summed E-state index contributed by atoms with van der Waals surface area (Å²) in [4.78, 5) is 0. The smallest absolute Gasteiger partial charge is 0.135 e. The molecule has 0 spiro atoms. The van der Waals surface area contributed by atoms with Crippen LogP contribution >= 0.6 is 0 Å². The Morgan fingerprint density at radius 2 is 2.08 bits per heavy atom. The summed E-state index contributed by atoms with van der Waals surface area (Å²) in [5, 5.41) is 17.1. The lowest BCUT2D eigenvalue weighted by Gasteiger charge is -2.12. The molecule has 0 atom stereocenters. The highest BCUT2D eigenvalue weighted by Gasteiger charge is 2.08. The van der Waals surface area contributed by atoms with Gasteiger partial charge in [0.15, 0.2) is 0 Å². The number of hydrogen-bond acceptors (Lipinski definition) is 3. The van der Waals surface area contributed by atoms with Gasteiger partial charge in [0.05, 0.1) is 13.2 Å². The molecule has 0 radical (unpaired) electrons. The van der Waals surface area contributed by atoms with Gasteiger partial charge in [-0.3, -0.25) is 0 Å². The first-order chi connectivity index (χ1) is 5.77. The monoisotopic (exact) mass is 160 g/mol. The van der Waals surface area contributed by atoms with Crippen molar-refractivity contribution in [3.63, 3.8) is 0 Å². The van der Waals surface area contributed by atoms with Gasteiger partial charge in [-0.05, 0) is 12.5 Å². The van der Waals surface area contributed by atoms with Crippen LogP contribution in [0.1, 0.15) is 6.92 Å². The van der Waals surface area contributed by atoms with E-state index in [9.17, 15) is 0 Å². The third-order valence-electron chi connectivity index (χ3n) is 1.55.